The Morgan fingerprint density at radius 1 is 1.39 bits per heavy atom. The number of amides is 1. The second kappa shape index (κ2) is 9.21. The Morgan fingerprint density at radius 3 is 2.78 bits per heavy atom. The molecule has 1 aromatic heterocycles. The first-order chi connectivity index (χ1) is 10.2. The van der Waals surface area contributed by atoms with Crippen molar-refractivity contribution in [3.8, 4) is 0 Å². The summed E-state index contributed by atoms with van der Waals surface area (Å²) in [4.78, 5) is 20.2. The van der Waals surface area contributed by atoms with Gasteiger partial charge in [-0.15, -0.1) is 36.2 Å². The fourth-order valence-corrected chi connectivity index (χ4v) is 4.56. The van der Waals surface area contributed by atoms with Gasteiger partial charge in [-0.1, -0.05) is 19.8 Å². The Morgan fingerprint density at radius 2 is 2.13 bits per heavy atom. The molecular weight excluding hydrogens is 353 g/mol. The summed E-state index contributed by atoms with van der Waals surface area (Å²) < 4.78 is 0. The van der Waals surface area contributed by atoms with Crippen LogP contribution < -0.4 is 5.32 Å². The minimum Gasteiger partial charge on any atom is -0.338 e. The maximum Gasteiger partial charge on any atom is 0.239 e. The Labute approximate surface area is 155 Å². The number of rotatable bonds is 4. The molecule has 3 unspecified atom stereocenters. The molecule has 4 nitrogen and oxygen atoms in total. The second-order valence-electron chi connectivity index (χ2n) is 6.37. The lowest BCUT2D eigenvalue weighted by Crippen LogP contribution is -2.43. The van der Waals surface area contributed by atoms with Crippen LogP contribution in [-0.2, 0) is 17.8 Å². The minimum absolute atomic E-state index is 0. The summed E-state index contributed by atoms with van der Waals surface area (Å²) in [6.45, 7) is 2.77. The topological polar surface area (TPSA) is 45.2 Å². The third-order valence-electron chi connectivity index (χ3n) is 4.86. The highest BCUT2D eigenvalue weighted by molar-refractivity contribution is 7.11. The average Bonchev–Trinajstić information content (AvgIpc) is 3.12. The maximum atomic E-state index is 12.6. The quantitative estimate of drug-likeness (QED) is 0.871. The molecule has 0 aromatic carbocycles. The number of likely N-dealkylation sites (N-methyl/N-ethyl adjacent to an activating group) is 1. The molecule has 0 bridgehead atoms. The number of thiazole rings is 1. The summed E-state index contributed by atoms with van der Waals surface area (Å²) in [5, 5.41) is 4.61. The molecule has 1 saturated carbocycles. The summed E-state index contributed by atoms with van der Waals surface area (Å²) in [7, 11) is 1.90. The summed E-state index contributed by atoms with van der Waals surface area (Å²) in [6, 6.07) is 0.598. The Balaban J connectivity index is 0.00000132. The molecule has 1 N–H and O–H groups in total. The van der Waals surface area contributed by atoms with Crippen molar-refractivity contribution in [1.29, 1.82) is 0 Å². The van der Waals surface area contributed by atoms with Crippen LogP contribution in [0.2, 0.25) is 0 Å². The number of halogens is 2. The van der Waals surface area contributed by atoms with Gasteiger partial charge in [-0.3, -0.25) is 4.79 Å². The lowest BCUT2D eigenvalue weighted by molar-refractivity contribution is -0.132. The summed E-state index contributed by atoms with van der Waals surface area (Å²) >= 11 is 1.72. The third kappa shape index (κ3) is 4.81. The Bertz CT molecular complexity index is 497. The molecule has 0 spiro atoms. The zero-order chi connectivity index (χ0) is 14.8. The molecule has 3 rings (SSSR count). The normalized spacial score (nSPS) is 25.9. The monoisotopic (exact) mass is 379 g/mol. The van der Waals surface area contributed by atoms with Crippen LogP contribution in [-0.4, -0.2) is 34.9 Å². The van der Waals surface area contributed by atoms with Gasteiger partial charge in [0.25, 0.3) is 0 Å². The van der Waals surface area contributed by atoms with Crippen LogP contribution in [0.15, 0.2) is 6.20 Å². The van der Waals surface area contributed by atoms with Gasteiger partial charge in [0, 0.05) is 24.2 Å². The van der Waals surface area contributed by atoms with E-state index in [0.29, 0.717) is 18.5 Å². The maximum absolute atomic E-state index is 12.6. The number of aromatic nitrogens is 1. The van der Waals surface area contributed by atoms with Crippen LogP contribution in [0.25, 0.3) is 0 Å². The first kappa shape index (κ1) is 20.7. The average molecular weight is 380 g/mol. The van der Waals surface area contributed by atoms with Gasteiger partial charge in [0.05, 0.1) is 12.6 Å². The van der Waals surface area contributed by atoms with Crippen LogP contribution in [0.4, 0.5) is 0 Å². The first-order valence-corrected chi connectivity index (χ1v) is 8.93. The molecule has 1 aliphatic carbocycles. The van der Waals surface area contributed by atoms with Crippen LogP contribution in [0.5, 0.6) is 0 Å². The zero-order valence-electron chi connectivity index (χ0n) is 13.8. The van der Waals surface area contributed by atoms with Crippen molar-refractivity contribution in [2.45, 2.75) is 64.1 Å². The van der Waals surface area contributed by atoms with Gasteiger partial charge in [-0.25, -0.2) is 4.98 Å². The fraction of sp³-hybridized carbons (Fsp3) is 0.750. The van der Waals surface area contributed by atoms with E-state index in [1.54, 1.807) is 11.3 Å². The van der Waals surface area contributed by atoms with Gasteiger partial charge >= 0.3 is 0 Å². The number of nitrogens with zero attached hydrogens (tertiary/aromatic N) is 2. The van der Waals surface area contributed by atoms with E-state index in [4.69, 9.17) is 0 Å². The molecule has 7 heteroatoms. The number of fused-ring (bicyclic) bond motifs is 1. The van der Waals surface area contributed by atoms with Crippen molar-refractivity contribution in [2.24, 2.45) is 5.92 Å². The van der Waals surface area contributed by atoms with E-state index in [1.165, 1.54) is 30.6 Å². The largest absolute Gasteiger partial charge is 0.338 e. The van der Waals surface area contributed by atoms with Gasteiger partial charge in [-0.05, 0) is 31.6 Å². The molecule has 2 heterocycles. The molecular formula is C16H27Cl2N3OS. The van der Waals surface area contributed by atoms with Crippen molar-refractivity contribution in [1.82, 2.24) is 15.2 Å². The lowest BCUT2D eigenvalue weighted by Gasteiger charge is -2.24. The van der Waals surface area contributed by atoms with E-state index in [1.807, 2.05) is 18.1 Å². The molecule has 1 amide bonds. The standard InChI is InChI=1S/C16H25N3OS.2ClH/c1-3-12-9-17-15(21-12)10-19(2)16(20)14-8-11-6-4-5-7-13(11)18-14;;/h9,11,13-14,18H,3-8,10H2,1-2H3;2*1H. The van der Waals surface area contributed by atoms with E-state index in [-0.39, 0.29) is 36.8 Å². The number of carbonyl (C=O) groups excluding carboxylic acids is 1. The fourth-order valence-electron chi connectivity index (χ4n) is 3.64. The summed E-state index contributed by atoms with van der Waals surface area (Å²) in [5.41, 5.74) is 0. The first-order valence-electron chi connectivity index (χ1n) is 8.12. The van der Waals surface area contributed by atoms with Crippen molar-refractivity contribution in [2.75, 3.05) is 7.05 Å². The van der Waals surface area contributed by atoms with Gasteiger partial charge in [0.15, 0.2) is 0 Å². The molecule has 2 fully saturated rings. The number of carbonyl (C=O) groups is 1. The summed E-state index contributed by atoms with van der Waals surface area (Å²) in [6.07, 6.45) is 9.14. The highest BCUT2D eigenvalue weighted by Gasteiger charge is 2.39. The SMILES string of the molecule is CCc1cnc(CN(C)C(=O)C2CC3CCCCC3N2)s1.Cl.Cl. The number of hydrogen-bond acceptors (Lipinski definition) is 4. The zero-order valence-corrected chi connectivity index (χ0v) is 16.2. The van der Waals surface area contributed by atoms with Crippen molar-refractivity contribution < 1.29 is 4.79 Å². The number of aryl methyl sites for hydroxylation is 1. The van der Waals surface area contributed by atoms with Crippen LogP contribution in [0, 0.1) is 5.92 Å². The van der Waals surface area contributed by atoms with Crippen LogP contribution in [0.1, 0.15) is 48.9 Å². The number of nitrogens with one attached hydrogen (secondary N) is 1. The predicted octanol–water partition coefficient (Wildman–Crippen LogP) is 3.43. The molecule has 1 aliphatic heterocycles. The minimum atomic E-state index is 0. The molecule has 2 aliphatic rings. The van der Waals surface area contributed by atoms with Crippen LogP contribution in [0.3, 0.4) is 0 Å². The molecule has 0 radical (unpaired) electrons. The van der Waals surface area contributed by atoms with Gasteiger partial charge in [-0.2, -0.15) is 0 Å². The van der Waals surface area contributed by atoms with Gasteiger partial charge in [0.2, 0.25) is 5.91 Å². The Hall–Kier alpha value is -0.360. The van der Waals surface area contributed by atoms with Gasteiger partial charge < -0.3 is 10.2 Å². The van der Waals surface area contributed by atoms with Crippen molar-refractivity contribution in [3.63, 3.8) is 0 Å². The molecule has 23 heavy (non-hydrogen) atoms. The second-order valence-corrected chi connectivity index (χ2v) is 7.57. The molecule has 1 aromatic rings. The Kier molecular flexibility index (Phi) is 8.28. The molecule has 3 atom stereocenters. The van der Waals surface area contributed by atoms with E-state index in [2.05, 4.69) is 17.2 Å². The van der Waals surface area contributed by atoms with Crippen molar-refractivity contribution >= 4 is 42.1 Å². The lowest BCUT2D eigenvalue weighted by atomic mass is 9.85. The molecule has 1 saturated heterocycles. The third-order valence-corrected chi connectivity index (χ3v) is 5.99. The molecule has 132 valence electrons. The van der Waals surface area contributed by atoms with Crippen LogP contribution >= 0.6 is 36.2 Å². The van der Waals surface area contributed by atoms with E-state index in [9.17, 15) is 4.79 Å². The highest BCUT2D eigenvalue weighted by Crippen LogP contribution is 2.33. The highest BCUT2D eigenvalue weighted by atomic mass is 35.5. The number of hydrogen-bond donors (Lipinski definition) is 1. The van der Waals surface area contributed by atoms with E-state index >= 15 is 0 Å². The van der Waals surface area contributed by atoms with E-state index in [0.717, 1.165) is 17.8 Å². The van der Waals surface area contributed by atoms with E-state index < -0.39 is 0 Å². The summed E-state index contributed by atoms with van der Waals surface area (Å²) in [5.74, 6) is 0.949. The van der Waals surface area contributed by atoms with Crippen molar-refractivity contribution in [3.05, 3.63) is 16.1 Å². The smallest absolute Gasteiger partial charge is 0.239 e. The predicted molar refractivity (Wildman–Crippen MR) is 99.7 cm³/mol. The van der Waals surface area contributed by atoms with Gasteiger partial charge in [0.1, 0.15) is 5.01 Å².